The molecule has 0 fully saturated rings. The zero-order valence-corrected chi connectivity index (χ0v) is 17.8. The Hall–Kier alpha value is -2.23. The summed E-state index contributed by atoms with van der Waals surface area (Å²) in [6.07, 6.45) is 2.67. The Labute approximate surface area is 175 Å². The van der Waals surface area contributed by atoms with Gasteiger partial charge < -0.3 is 10.6 Å². The summed E-state index contributed by atoms with van der Waals surface area (Å²) in [5.74, 6) is 1.39. The van der Waals surface area contributed by atoms with Crippen molar-refractivity contribution >= 4 is 35.6 Å². The monoisotopic (exact) mass is 482 g/mol. The molecule has 0 aliphatic heterocycles. The molecule has 3 aromatic rings. The van der Waals surface area contributed by atoms with Gasteiger partial charge in [-0.1, -0.05) is 18.2 Å². The highest BCUT2D eigenvalue weighted by atomic mass is 127. The zero-order chi connectivity index (χ0) is 18.4. The van der Waals surface area contributed by atoms with Gasteiger partial charge in [0.2, 0.25) is 0 Å². The van der Waals surface area contributed by atoms with Gasteiger partial charge in [0, 0.05) is 25.7 Å². The van der Waals surface area contributed by atoms with Gasteiger partial charge >= 0.3 is 0 Å². The molecule has 0 aliphatic carbocycles. The fourth-order valence-corrected chi connectivity index (χ4v) is 2.60. The maximum absolute atomic E-state index is 13.6. The van der Waals surface area contributed by atoms with E-state index in [1.54, 1.807) is 13.0 Å². The van der Waals surface area contributed by atoms with Crippen molar-refractivity contribution in [1.29, 1.82) is 0 Å². The second-order valence-corrected chi connectivity index (χ2v) is 6.00. The molecular formula is C19H24FIN6. The fraction of sp³-hybridized carbons (Fsp3) is 0.316. The normalized spacial score (nSPS) is 11.3. The number of nitrogens with one attached hydrogen (secondary N) is 2. The largest absolute Gasteiger partial charge is 0.357 e. The fourth-order valence-electron chi connectivity index (χ4n) is 2.60. The first kappa shape index (κ1) is 21.1. The first-order valence-electron chi connectivity index (χ1n) is 8.73. The van der Waals surface area contributed by atoms with Crippen molar-refractivity contribution < 1.29 is 4.39 Å². The van der Waals surface area contributed by atoms with Crippen molar-refractivity contribution in [3.63, 3.8) is 0 Å². The Morgan fingerprint density at radius 2 is 2.04 bits per heavy atom. The maximum atomic E-state index is 13.6. The highest BCUT2D eigenvalue weighted by Gasteiger charge is 2.05. The van der Waals surface area contributed by atoms with Crippen LogP contribution in [0.4, 0.5) is 4.39 Å². The number of aliphatic imine (C=N–C) groups is 1. The van der Waals surface area contributed by atoms with E-state index in [4.69, 9.17) is 0 Å². The lowest BCUT2D eigenvalue weighted by Gasteiger charge is -2.11. The molecule has 1 aromatic carbocycles. The van der Waals surface area contributed by atoms with Crippen LogP contribution in [0.5, 0.6) is 0 Å². The third-order valence-electron chi connectivity index (χ3n) is 4.03. The summed E-state index contributed by atoms with van der Waals surface area (Å²) < 4.78 is 15.6. The van der Waals surface area contributed by atoms with Crippen molar-refractivity contribution in [3.8, 4) is 0 Å². The van der Waals surface area contributed by atoms with Crippen LogP contribution in [-0.4, -0.2) is 33.6 Å². The summed E-state index contributed by atoms with van der Waals surface area (Å²) in [5, 5.41) is 14.9. The lowest BCUT2D eigenvalue weighted by Crippen LogP contribution is -2.38. The molecule has 2 aromatic heterocycles. The minimum absolute atomic E-state index is 0. The Bertz CT molecular complexity index is 908. The van der Waals surface area contributed by atoms with Gasteiger partial charge in [0.25, 0.3) is 0 Å². The van der Waals surface area contributed by atoms with Gasteiger partial charge in [0.05, 0.1) is 6.54 Å². The second-order valence-electron chi connectivity index (χ2n) is 6.00. The van der Waals surface area contributed by atoms with Crippen LogP contribution in [0.2, 0.25) is 0 Å². The Morgan fingerprint density at radius 1 is 1.19 bits per heavy atom. The van der Waals surface area contributed by atoms with E-state index in [-0.39, 0.29) is 29.8 Å². The number of hydrogen-bond acceptors (Lipinski definition) is 3. The van der Waals surface area contributed by atoms with E-state index in [1.165, 1.54) is 6.07 Å². The van der Waals surface area contributed by atoms with E-state index in [1.807, 2.05) is 41.8 Å². The molecule has 0 atom stereocenters. The minimum atomic E-state index is -0.200. The number of guanidine groups is 1. The summed E-state index contributed by atoms with van der Waals surface area (Å²) in [5.41, 5.74) is 2.32. The Kier molecular flexibility index (Phi) is 7.96. The van der Waals surface area contributed by atoms with Gasteiger partial charge in [0.1, 0.15) is 11.6 Å². The summed E-state index contributed by atoms with van der Waals surface area (Å²) in [4.78, 5) is 4.52. The van der Waals surface area contributed by atoms with Gasteiger partial charge in [-0.3, -0.25) is 4.40 Å². The van der Waals surface area contributed by atoms with Crippen LogP contribution in [-0.2, 0) is 13.0 Å². The number of hydrogen-bond donors (Lipinski definition) is 2. The molecule has 27 heavy (non-hydrogen) atoms. The standard InChI is InChI=1S/C19H23FN6.HI/c1-3-21-19(23-13-15-8-7-14(2)16(20)12-15)22-10-9-18-25-24-17-6-4-5-11-26(17)18;/h4-8,11-12H,3,9-10,13H2,1-2H3,(H2,21,22,23);1H. The SMILES string of the molecule is CCNC(=NCc1ccc(C)c(F)c1)NCCc1nnc2ccccn12.I. The zero-order valence-electron chi connectivity index (χ0n) is 15.4. The van der Waals surface area contributed by atoms with Crippen molar-refractivity contribution in [2.45, 2.75) is 26.8 Å². The molecule has 0 unspecified atom stereocenters. The molecule has 6 nitrogen and oxygen atoms in total. The molecule has 0 radical (unpaired) electrons. The van der Waals surface area contributed by atoms with Crippen LogP contribution in [0, 0.1) is 12.7 Å². The molecule has 0 spiro atoms. The van der Waals surface area contributed by atoms with Gasteiger partial charge in [-0.15, -0.1) is 34.2 Å². The van der Waals surface area contributed by atoms with Crippen molar-refractivity contribution in [2.75, 3.05) is 13.1 Å². The molecule has 0 saturated carbocycles. The molecule has 8 heteroatoms. The van der Waals surface area contributed by atoms with E-state index in [0.29, 0.717) is 24.6 Å². The summed E-state index contributed by atoms with van der Waals surface area (Å²) in [6, 6.07) is 11.0. The van der Waals surface area contributed by atoms with Crippen molar-refractivity contribution in [3.05, 3.63) is 65.4 Å². The first-order valence-corrected chi connectivity index (χ1v) is 8.73. The highest BCUT2D eigenvalue weighted by molar-refractivity contribution is 14.0. The van der Waals surface area contributed by atoms with E-state index >= 15 is 0 Å². The predicted octanol–water partition coefficient (Wildman–Crippen LogP) is 3.09. The van der Waals surface area contributed by atoms with Gasteiger partial charge in [-0.2, -0.15) is 0 Å². The van der Waals surface area contributed by atoms with Gasteiger partial charge in [-0.25, -0.2) is 9.38 Å². The summed E-state index contributed by atoms with van der Waals surface area (Å²) in [7, 11) is 0. The Morgan fingerprint density at radius 3 is 2.81 bits per heavy atom. The highest BCUT2D eigenvalue weighted by Crippen LogP contribution is 2.10. The average Bonchev–Trinajstić information content (AvgIpc) is 3.06. The number of aryl methyl sites for hydroxylation is 1. The van der Waals surface area contributed by atoms with Crippen LogP contribution in [0.1, 0.15) is 23.9 Å². The average molecular weight is 482 g/mol. The molecule has 0 saturated heterocycles. The van der Waals surface area contributed by atoms with Crippen LogP contribution in [0.3, 0.4) is 0 Å². The third-order valence-corrected chi connectivity index (χ3v) is 4.03. The molecule has 2 N–H and O–H groups in total. The quantitative estimate of drug-likeness (QED) is 0.322. The van der Waals surface area contributed by atoms with E-state index in [0.717, 1.165) is 30.0 Å². The predicted molar refractivity (Wildman–Crippen MR) is 116 cm³/mol. The van der Waals surface area contributed by atoms with E-state index in [2.05, 4.69) is 25.8 Å². The van der Waals surface area contributed by atoms with Crippen molar-refractivity contribution in [2.24, 2.45) is 4.99 Å². The maximum Gasteiger partial charge on any atom is 0.191 e. The number of nitrogens with zero attached hydrogens (tertiary/aromatic N) is 4. The first-order chi connectivity index (χ1) is 12.7. The lowest BCUT2D eigenvalue weighted by atomic mass is 10.1. The molecular weight excluding hydrogens is 458 g/mol. The van der Waals surface area contributed by atoms with Crippen LogP contribution in [0.15, 0.2) is 47.6 Å². The van der Waals surface area contributed by atoms with E-state index in [9.17, 15) is 4.39 Å². The topological polar surface area (TPSA) is 66.6 Å². The molecule has 144 valence electrons. The van der Waals surface area contributed by atoms with E-state index < -0.39 is 0 Å². The number of rotatable bonds is 6. The summed E-state index contributed by atoms with van der Waals surface area (Å²) in [6.45, 7) is 5.60. The Balaban J connectivity index is 0.00000261. The van der Waals surface area contributed by atoms with Crippen LogP contribution in [0.25, 0.3) is 5.65 Å². The molecule has 0 amide bonds. The number of fused-ring (bicyclic) bond motifs is 1. The smallest absolute Gasteiger partial charge is 0.191 e. The van der Waals surface area contributed by atoms with Gasteiger partial charge in [0.15, 0.2) is 11.6 Å². The second kappa shape index (κ2) is 10.2. The number of halogens is 2. The van der Waals surface area contributed by atoms with Gasteiger partial charge in [-0.05, 0) is 43.2 Å². The molecule has 2 heterocycles. The van der Waals surface area contributed by atoms with Crippen molar-refractivity contribution in [1.82, 2.24) is 25.2 Å². The number of pyridine rings is 1. The minimum Gasteiger partial charge on any atom is -0.357 e. The number of benzene rings is 1. The van der Waals surface area contributed by atoms with Crippen LogP contribution >= 0.6 is 24.0 Å². The van der Waals surface area contributed by atoms with Crippen LogP contribution < -0.4 is 10.6 Å². The molecule has 3 rings (SSSR count). The third kappa shape index (κ3) is 5.62. The molecule has 0 aliphatic rings. The number of aromatic nitrogens is 3. The summed E-state index contributed by atoms with van der Waals surface area (Å²) >= 11 is 0. The lowest BCUT2D eigenvalue weighted by molar-refractivity contribution is 0.616. The molecule has 0 bridgehead atoms.